The molecule has 0 radical (unpaired) electrons. The van der Waals surface area contributed by atoms with E-state index in [1.54, 1.807) is 30.2 Å². The first-order valence-corrected chi connectivity index (χ1v) is 10.7. The molecular weight excluding hydrogens is 388 g/mol. The first kappa shape index (κ1) is 18.7. The Morgan fingerprint density at radius 2 is 1.89 bits per heavy atom. The van der Waals surface area contributed by atoms with Crippen molar-refractivity contribution in [2.75, 3.05) is 7.11 Å². The van der Waals surface area contributed by atoms with Crippen LogP contribution in [0.2, 0.25) is 0 Å². The molecule has 0 aliphatic carbocycles. The number of hydrogen-bond donors (Lipinski definition) is 0. The lowest BCUT2D eigenvalue weighted by atomic mass is 10.1. The third-order valence-electron chi connectivity index (χ3n) is 4.33. The fourth-order valence-electron chi connectivity index (χ4n) is 2.88. The fraction of sp³-hybridized carbons (Fsp3) is 0.190. The molecule has 0 amide bonds. The number of nitrogens with zero attached hydrogens (tertiary/aromatic N) is 4. The van der Waals surface area contributed by atoms with Crippen LogP contribution in [0.3, 0.4) is 0 Å². The summed E-state index contributed by atoms with van der Waals surface area (Å²) in [5.41, 5.74) is 4.45. The monoisotopic (exact) mass is 408 g/mol. The Morgan fingerprint density at radius 1 is 1.07 bits per heavy atom. The second-order valence-corrected chi connectivity index (χ2v) is 8.20. The molecule has 0 saturated heterocycles. The number of benzene rings is 2. The Hall–Kier alpha value is -2.64. The molecule has 0 fully saturated rings. The van der Waals surface area contributed by atoms with Crippen LogP contribution in [0.4, 0.5) is 0 Å². The van der Waals surface area contributed by atoms with Crippen LogP contribution >= 0.6 is 23.1 Å². The highest BCUT2D eigenvalue weighted by molar-refractivity contribution is 7.98. The maximum Gasteiger partial charge on any atom is 0.191 e. The highest BCUT2D eigenvalue weighted by Gasteiger charge is 2.13. The van der Waals surface area contributed by atoms with E-state index in [1.807, 2.05) is 35.9 Å². The van der Waals surface area contributed by atoms with Crippen LogP contribution in [0.1, 0.15) is 11.3 Å². The number of aryl methyl sites for hydroxylation is 1. The Labute approximate surface area is 172 Å². The molecule has 0 N–H and O–H groups in total. The minimum atomic E-state index is 0.756. The summed E-state index contributed by atoms with van der Waals surface area (Å²) in [7, 11) is 3.65. The summed E-state index contributed by atoms with van der Waals surface area (Å²) in [6.07, 6.45) is 0. The normalized spacial score (nSPS) is 11.0. The Kier molecular flexibility index (Phi) is 5.45. The molecule has 0 bridgehead atoms. The lowest BCUT2D eigenvalue weighted by molar-refractivity contribution is 0.415. The predicted molar refractivity (Wildman–Crippen MR) is 115 cm³/mol. The van der Waals surface area contributed by atoms with Crippen molar-refractivity contribution in [2.24, 2.45) is 7.05 Å². The van der Waals surface area contributed by atoms with E-state index >= 15 is 0 Å². The average molecular weight is 409 g/mol. The van der Waals surface area contributed by atoms with Crippen molar-refractivity contribution in [3.8, 4) is 27.7 Å². The lowest BCUT2D eigenvalue weighted by Gasteiger charge is -2.05. The maximum absolute atomic E-state index is 5.30. The highest BCUT2D eigenvalue weighted by atomic mass is 32.2. The molecule has 28 heavy (non-hydrogen) atoms. The van der Waals surface area contributed by atoms with Crippen LogP contribution in [0.25, 0.3) is 22.0 Å². The van der Waals surface area contributed by atoms with Crippen LogP contribution in [0, 0.1) is 6.92 Å². The van der Waals surface area contributed by atoms with Gasteiger partial charge in [0, 0.05) is 29.3 Å². The van der Waals surface area contributed by atoms with Crippen molar-refractivity contribution in [3.05, 3.63) is 65.2 Å². The molecule has 0 aliphatic heterocycles. The molecule has 0 spiro atoms. The molecule has 7 heteroatoms. The fourth-order valence-corrected chi connectivity index (χ4v) is 4.60. The topological polar surface area (TPSA) is 52.8 Å². The van der Waals surface area contributed by atoms with Gasteiger partial charge in [-0.05, 0) is 25.1 Å². The molecule has 5 nitrogen and oxygen atoms in total. The number of thioether (sulfide) groups is 1. The number of rotatable bonds is 6. The van der Waals surface area contributed by atoms with Gasteiger partial charge in [-0.1, -0.05) is 47.7 Å². The first-order valence-electron chi connectivity index (χ1n) is 8.82. The molecule has 0 atom stereocenters. The minimum Gasteiger partial charge on any atom is -0.497 e. The van der Waals surface area contributed by atoms with Gasteiger partial charge in [0.2, 0.25) is 0 Å². The van der Waals surface area contributed by atoms with Crippen LogP contribution in [0.5, 0.6) is 5.75 Å². The molecule has 2 aromatic carbocycles. The van der Waals surface area contributed by atoms with Crippen molar-refractivity contribution in [3.63, 3.8) is 0 Å². The second kappa shape index (κ2) is 8.16. The molecule has 0 unspecified atom stereocenters. The number of aromatic nitrogens is 4. The van der Waals surface area contributed by atoms with Crippen molar-refractivity contribution >= 4 is 23.1 Å². The zero-order valence-electron chi connectivity index (χ0n) is 15.9. The quantitative estimate of drug-likeness (QED) is 0.410. The summed E-state index contributed by atoms with van der Waals surface area (Å²) in [5, 5.41) is 12.7. The van der Waals surface area contributed by atoms with E-state index < -0.39 is 0 Å². The van der Waals surface area contributed by atoms with E-state index in [-0.39, 0.29) is 0 Å². The number of ether oxygens (including phenoxy) is 1. The number of thiazole rings is 1. The SMILES string of the molecule is COc1cccc(-c2nnc(SCc3csc(-c4cccc(C)c4)n3)n2C)c1. The van der Waals surface area contributed by atoms with Crippen molar-refractivity contribution in [1.82, 2.24) is 19.7 Å². The average Bonchev–Trinajstić information content (AvgIpc) is 3.33. The molecule has 4 aromatic rings. The maximum atomic E-state index is 5.30. The summed E-state index contributed by atoms with van der Waals surface area (Å²) in [5.74, 6) is 2.38. The molecule has 0 aliphatic rings. The van der Waals surface area contributed by atoms with Crippen molar-refractivity contribution < 1.29 is 4.74 Å². The lowest BCUT2D eigenvalue weighted by Crippen LogP contribution is -1.95. The number of hydrogen-bond acceptors (Lipinski definition) is 6. The predicted octanol–water partition coefficient (Wildman–Crippen LogP) is 5.21. The van der Waals surface area contributed by atoms with Gasteiger partial charge in [-0.2, -0.15) is 0 Å². The van der Waals surface area contributed by atoms with Gasteiger partial charge in [0.05, 0.1) is 12.8 Å². The summed E-state index contributed by atoms with van der Waals surface area (Å²) in [4.78, 5) is 4.78. The standard InChI is InChI=1S/C21H20N4OS2/c1-14-6-4-8-16(10-14)20-22-17(12-27-20)13-28-21-24-23-19(25(21)2)15-7-5-9-18(11-15)26-3/h4-12H,13H2,1-3H3. The van der Waals surface area contributed by atoms with Gasteiger partial charge in [0.1, 0.15) is 10.8 Å². The Bertz CT molecular complexity index is 1100. The highest BCUT2D eigenvalue weighted by Crippen LogP contribution is 2.29. The van der Waals surface area contributed by atoms with Gasteiger partial charge in [0.25, 0.3) is 0 Å². The van der Waals surface area contributed by atoms with Gasteiger partial charge in [-0.25, -0.2) is 4.98 Å². The van der Waals surface area contributed by atoms with E-state index in [2.05, 4.69) is 46.8 Å². The third kappa shape index (κ3) is 3.95. The Balaban J connectivity index is 1.48. The van der Waals surface area contributed by atoms with E-state index in [0.717, 1.165) is 38.7 Å². The van der Waals surface area contributed by atoms with Gasteiger partial charge >= 0.3 is 0 Å². The van der Waals surface area contributed by atoms with Crippen LogP contribution < -0.4 is 4.74 Å². The van der Waals surface area contributed by atoms with Gasteiger partial charge < -0.3 is 9.30 Å². The first-order chi connectivity index (χ1) is 13.6. The van der Waals surface area contributed by atoms with E-state index in [4.69, 9.17) is 9.72 Å². The Morgan fingerprint density at radius 3 is 2.71 bits per heavy atom. The summed E-state index contributed by atoms with van der Waals surface area (Å²) >= 11 is 3.32. The van der Waals surface area contributed by atoms with E-state index in [9.17, 15) is 0 Å². The third-order valence-corrected chi connectivity index (χ3v) is 6.32. The van der Waals surface area contributed by atoms with Crippen LogP contribution in [-0.4, -0.2) is 26.9 Å². The van der Waals surface area contributed by atoms with Crippen LogP contribution in [-0.2, 0) is 12.8 Å². The van der Waals surface area contributed by atoms with Crippen molar-refractivity contribution in [1.29, 1.82) is 0 Å². The molecule has 0 saturated carbocycles. The van der Waals surface area contributed by atoms with Crippen molar-refractivity contribution in [2.45, 2.75) is 17.8 Å². The minimum absolute atomic E-state index is 0.756. The molecular formula is C21H20N4OS2. The molecule has 2 heterocycles. The summed E-state index contributed by atoms with van der Waals surface area (Å²) < 4.78 is 7.31. The van der Waals surface area contributed by atoms with E-state index in [0.29, 0.717) is 0 Å². The summed E-state index contributed by atoms with van der Waals surface area (Å²) in [6.45, 7) is 2.10. The molecule has 142 valence electrons. The van der Waals surface area contributed by atoms with Gasteiger partial charge in [-0.3, -0.25) is 0 Å². The van der Waals surface area contributed by atoms with Crippen LogP contribution in [0.15, 0.2) is 59.1 Å². The molecule has 4 rings (SSSR count). The van der Waals surface area contributed by atoms with Gasteiger partial charge in [-0.15, -0.1) is 21.5 Å². The zero-order valence-corrected chi connectivity index (χ0v) is 17.5. The van der Waals surface area contributed by atoms with E-state index in [1.165, 1.54) is 11.1 Å². The second-order valence-electron chi connectivity index (χ2n) is 6.40. The smallest absolute Gasteiger partial charge is 0.191 e. The largest absolute Gasteiger partial charge is 0.497 e. The zero-order chi connectivity index (χ0) is 19.5. The number of methoxy groups -OCH3 is 1. The molecule has 2 aromatic heterocycles. The summed E-state index contributed by atoms with van der Waals surface area (Å²) in [6, 6.07) is 16.3. The van der Waals surface area contributed by atoms with Gasteiger partial charge in [0.15, 0.2) is 11.0 Å².